The summed E-state index contributed by atoms with van der Waals surface area (Å²) < 4.78 is 0. The van der Waals surface area contributed by atoms with Gasteiger partial charge in [-0.15, -0.1) is 0 Å². The molecule has 66 valence electrons. The zero-order chi connectivity index (χ0) is 8.13. The molecule has 0 aromatic rings. The van der Waals surface area contributed by atoms with Gasteiger partial charge in [-0.2, -0.15) is 0 Å². The van der Waals surface area contributed by atoms with Crippen LogP contribution < -0.4 is 0 Å². The van der Waals surface area contributed by atoms with E-state index in [0.29, 0.717) is 17.6 Å². The number of hydrogen-bond donors (Lipinski definition) is 0. The van der Waals surface area contributed by atoms with Crippen molar-refractivity contribution in [2.24, 2.45) is 23.7 Å². The molecule has 0 radical (unpaired) electrons. The van der Waals surface area contributed by atoms with Crippen LogP contribution in [0.1, 0.15) is 38.5 Å². The molecule has 3 saturated carbocycles. The standard InChI is InChI=1S/C11H16O/c12-11-9-5-1-3-7(9)8-4-2-6-10(8)11/h7-10H,1-6H2/t7-,8-,9-,10-/m1/s1. The van der Waals surface area contributed by atoms with E-state index in [0.717, 1.165) is 11.8 Å². The molecule has 1 heteroatoms. The topological polar surface area (TPSA) is 17.1 Å². The summed E-state index contributed by atoms with van der Waals surface area (Å²) in [6.45, 7) is 0. The number of ketones is 1. The average molecular weight is 164 g/mol. The lowest BCUT2D eigenvalue weighted by atomic mass is 9.90. The number of fused-ring (bicyclic) bond motifs is 3. The summed E-state index contributed by atoms with van der Waals surface area (Å²) in [4.78, 5) is 11.9. The molecule has 3 fully saturated rings. The van der Waals surface area contributed by atoms with Crippen molar-refractivity contribution in [3.8, 4) is 0 Å². The smallest absolute Gasteiger partial charge is 0.139 e. The van der Waals surface area contributed by atoms with Crippen LogP contribution in [0.2, 0.25) is 0 Å². The molecule has 3 aliphatic rings. The highest BCUT2D eigenvalue weighted by Crippen LogP contribution is 2.54. The monoisotopic (exact) mass is 164 g/mol. The molecule has 0 aromatic heterocycles. The molecule has 3 rings (SSSR count). The first-order valence-electron chi connectivity index (χ1n) is 5.41. The van der Waals surface area contributed by atoms with Crippen LogP contribution in [0.25, 0.3) is 0 Å². The van der Waals surface area contributed by atoms with E-state index in [4.69, 9.17) is 0 Å². The number of carbonyl (C=O) groups excluding carboxylic acids is 1. The van der Waals surface area contributed by atoms with E-state index in [1.54, 1.807) is 0 Å². The summed E-state index contributed by atoms with van der Waals surface area (Å²) in [7, 11) is 0. The van der Waals surface area contributed by atoms with Crippen LogP contribution in [0.5, 0.6) is 0 Å². The predicted octanol–water partition coefficient (Wildman–Crippen LogP) is 2.40. The Kier molecular flexibility index (Phi) is 1.38. The van der Waals surface area contributed by atoms with Crippen LogP contribution in [-0.4, -0.2) is 5.78 Å². The molecule has 0 aromatic carbocycles. The number of hydrogen-bond acceptors (Lipinski definition) is 1. The molecule has 0 spiro atoms. The highest BCUT2D eigenvalue weighted by atomic mass is 16.1. The molecule has 4 atom stereocenters. The first-order valence-corrected chi connectivity index (χ1v) is 5.41. The Balaban J connectivity index is 1.94. The van der Waals surface area contributed by atoms with E-state index in [1.165, 1.54) is 38.5 Å². The van der Waals surface area contributed by atoms with Crippen LogP contribution in [0.15, 0.2) is 0 Å². The SMILES string of the molecule is O=C1[C@@H]2CCC[C@@H]2[C@H]2CCC[C@@H]12. The van der Waals surface area contributed by atoms with E-state index < -0.39 is 0 Å². The summed E-state index contributed by atoms with van der Waals surface area (Å²) >= 11 is 0. The van der Waals surface area contributed by atoms with Crippen molar-refractivity contribution < 1.29 is 4.79 Å². The van der Waals surface area contributed by atoms with Gasteiger partial charge in [-0.1, -0.05) is 12.8 Å². The van der Waals surface area contributed by atoms with Gasteiger partial charge in [0.05, 0.1) is 0 Å². The maximum absolute atomic E-state index is 11.9. The summed E-state index contributed by atoms with van der Waals surface area (Å²) in [5.41, 5.74) is 0. The minimum Gasteiger partial charge on any atom is -0.299 e. The van der Waals surface area contributed by atoms with Gasteiger partial charge in [0.2, 0.25) is 0 Å². The highest BCUT2D eigenvalue weighted by Gasteiger charge is 2.52. The second-order valence-electron chi connectivity index (χ2n) is 4.80. The Hall–Kier alpha value is -0.330. The molecule has 0 aliphatic heterocycles. The Morgan fingerprint density at radius 2 is 1.33 bits per heavy atom. The summed E-state index contributed by atoms with van der Waals surface area (Å²) in [5, 5.41) is 0. The third-order valence-electron chi connectivity index (χ3n) is 4.42. The Bertz CT molecular complexity index is 199. The van der Waals surface area contributed by atoms with E-state index in [-0.39, 0.29) is 0 Å². The first-order chi connectivity index (χ1) is 5.88. The van der Waals surface area contributed by atoms with Crippen LogP contribution in [0, 0.1) is 23.7 Å². The predicted molar refractivity (Wildman–Crippen MR) is 46.7 cm³/mol. The van der Waals surface area contributed by atoms with Crippen molar-refractivity contribution in [3.63, 3.8) is 0 Å². The van der Waals surface area contributed by atoms with Crippen LogP contribution in [0.4, 0.5) is 0 Å². The zero-order valence-electron chi connectivity index (χ0n) is 7.46. The Morgan fingerprint density at radius 1 is 0.833 bits per heavy atom. The van der Waals surface area contributed by atoms with Gasteiger partial charge >= 0.3 is 0 Å². The molecule has 0 N–H and O–H groups in total. The van der Waals surface area contributed by atoms with E-state index in [9.17, 15) is 4.79 Å². The Labute approximate surface area is 73.5 Å². The molecule has 0 heterocycles. The van der Waals surface area contributed by atoms with Gasteiger partial charge in [-0.25, -0.2) is 0 Å². The van der Waals surface area contributed by atoms with Gasteiger partial charge in [0.15, 0.2) is 0 Å². The zero-order valence-corrected chi connectivity index (χ0v) is 7.46. The van der Waals surface area contributed by atoms with Crippen molar-refractivity contribution >= 4 is 5.78 Å². The fourth-order valence-corrected chi connectivity index (χ4v) is 3.98. The van der Waals surface area contributed by atoms with Gasteiger partial charge in [-0.3, -0.25) is 4.79 Å². The van der Waals surface area contributed by atoms with Gasteiger partial charge in [0.1, 0.15) is 5.78 Å². The Morgan fingerprint density at radius 3 is 1.83 bits per heavy atom. The van der Waals surface area contributed by atoms with E-state index in [1.807, 2.05) is 0 Å². The highest BCUT2D eigenvalue weighted by molar-refractivity contribution is 5.87. The number of rotatable bonds is 0. The van der Waals surface area contributed by atoms with Crippen molar-refractivity contribution in [3.05, 3.63) is 0 Å². The number of Topliss-reactive ketones (excluding diaryl/α,β-unsaturated/α-hetero) is 1. The first kappa shape index (κ1) is 7.11. The van der Waals surface area contributed by atoms with Crippen LogP contribution in [0.3, 0.4) is 0 Å². The van der Waals surface area contributed by atoms with Crippen molar-refractivity contribution in [2.45, 2.75) is 38.5 Å². The van der Waals surface area contributed by atoms with Crippen molar-refractivity contribution in [1.82, 2.24) is 0 Å². The molecular formula is C11H16O. The van der Waals surface area contributed by atoms with Crippen LogP contribution in [-0.2, 0) is 4.79 Å². The van der Waals surface area contributed by atoms with Crippen molar-refractivity contribution in [1.29, 1.82) is 0 Å². The quantitative estimate of drug-likeness (QED) is 0.537. The fourth-order valence-electron chi connectivity index (χ4n) is 3.98. The lowest BCUT2D eigenvalue weighted by Gasteiger charge is -2.14. The van der Waals surface area contributed by atoms with Gasteiger partial charge < -0.3 is 0 Å². The molecule has 0 saturated heterocycles. The third kappa shape index (κ3) is 0.725. The summed E-state index contributed by atoms with van der Waals surface area (Å²) in [6, 6.07) is 0. The molecule has 1 nitrogen and oxygen atoms in total. The lowest BCUT2D eigenvalue weighted by Crippen LogP contribution is -2.12. The molecule has 3 aliphatic carbocycles. The molecule has 0 bridgehead atoms. The lowest BCUT2D eigenvalue weighted by molar-refractivity contribution is -0.124. The fraction of sp³-hybridized carbons (Fsp3) is 0.909. The molecule has 0 amide bonds. The van der Waals surface area contributed by atoms with Gasteiger partial charge in [-0.05, 0) is 37.5 Å². The third-order valence-corrected chi connectivity index (χ3v) is 4.42. The largest absolute Gasteiger partial charge is 0.299 e. The second-order valence-corrected chi connectivity index (χ2v) is 4.80. The minimum absolute atomic E-state index is 0.514. The van der Waals surface area contributed by atoms with Gasteiger partial charge in [0, 0.05) is 11.8 Å². The van der Waals surface area contributed by atoms with E-state index >= 15 is 0 Å². The van der Waals surface area contributed by atoms with Crippen LogP contribution >= 0.6 is 0 Å². The van der Waals surface area contributed by atoms with Gasteiger partial charge in [0.25, 0.3) is 0 Å². The molecular weight excluding hydrogens is 148 g/mol. The maximum atomic E-state index is 11.9. The number of carbonyl (C=O) groups is 1. The maximum Gasteiger partial charge on any atom is 0.139 e. The van der Waals surface area contributed by atoms with E-state index in [2.05, 4.69) is 0 Å². The summed E-state index contributed by atoms with van der Waals surface area (Å²) in [5.74, 6) is 3.33. The molecule has 0 unspecified atom stereocenters. The minimum atomic E-state index is 0.514. The second kappa shape index (κ2) is 2.34. The molecule has 12 heavy (non-hydrogen) atoms. The average Bonchev–Trinajstić information content (AvgIpc) is 2.72. The normalized spacial score (nSPS) is 51.2. The van der Waals surface area contributed by atoms with Crippen molar-refractivity contribution in [2.75, 3.05) is 0 Å². The summed E-state index contributed by atoms with van der Waals surface area (Å²) in [6.07, 6.45) is 7.80.